The Hall–Kier alpha value is -1.63. The van der Waals surface area contributed by atoms with Crippen molar-refractivity contribution in [1.82, 2.24) is 4.90 Å². The van der Waals surface area contributed by atoms with E-state index in [0.717, 1.165) is 18.9 Å². The minimum Gasteiger partial charge on any atom is -0.460 e. The van der Waals surface area contributed by atoms with E-state index in [4.69, 9.17) is 10.5 Å². The van der Waals surface area contributed by atoms with Crippen molar-refractivity contribution in [1.29, 1.82) is 0 Å². The molecule has 0 radical (unpaired) electrons. The Labute approximate surface area is 124 Å². The maximum atomic E-state index is 13.2. The number of hydrogen-bond acceptors (Lipinski definition) is 3. The number of carbonyl (C=O) groups excluding carboxylic acids is 2. The maximum absolute atomic E-state index is 13.2. The van der Waals surface area contributed by atoms with E-state index in [1.807, 2.05) is 0 Å². The van der Waals surface area contributed by atoms with Crippen LogP contribution in [0.15, 0.2) is 22.7 Å². The molecule has 108 valence electrons. The fraction of sp³-hybridized carbons (Fsp3) is 0.385. The SMILES string of the molecule is NC(=O)N1CCCC1COC(=O)c1cc(F)cc(Br)c1. The van der Waals surface area contributed by atoms with Crippen LogP contribution in [0.25, 0.3) is 0 Å². The summed E-state index contributed by atoms with van der Waals surface area (Å²) in [6.07, 6.45) is 1.57. The van der Waals surface area contributed by atoms with E-state index in [0.29, 0.717) is 11.0 Å². The highest BCUT2D eigenvalue weighted by Crippen LogP contribution is 2.19. The van der Waals surface area contributed by atoms with Crippen LogP contribution < -0.4 is 5.73 Å². The van der Waals surface area contributed by atoms with Crippen molar-refractivity contribution < 1.29 is 18.7 Å². The highest BCUT2D eigenvalue weighted by atomic mass is 79.9. The number of hydrogen-bond donors (Lipinski definition) is 1. The molecular weight excluding hydrogens is 331 g/mol. The molecule has 1 aliphatic rings. The van der Waals surface area contributed by atoms with Crippen molar-refractivity contribution in [3.05, 3.63) is 34.1 Å². The van der Waals surface area contributed by atoms with Crippen LogP contribution in [0.1, 0.15) is 23.2 Å². The molecule has 5 nitrogen and oxygen atoms in total. The molecule has 1 aromatic carbocycles. The number of rotatable bonds is 3. The van der Waals surface area contributed by atoms with Crippen molar-refractivity contribution in [2.24, 2.45) is 5.73 Å². The van der Waals surface area contributed by atoms with Crippen LogP contribution in [-0.4, -0.2) is 36.1 Å². The third kappa shape index (κ3) is 3.47. The number of halogens is 2. The molecule has 0 aromatic heterocycles. The number of urea groups is 1. The third-order valence-corrected chi connectivity index (χ3v) is 3.62. The van der Waals surface area contributed by atoms with Gasteiger partial charge in [-0.15, -0.1) is 0 Å². The van der Waals surface area contributed by atoms with Crippen LogP contribution in [-0.2, 0) is 4.74 Å². The van der Waals surface area contributed by atoms with Gasteiger partial charge in [-0.3, -0.25) is 0 Å². The number of benzene rings is 1. The molecule has 20 heavy (non-hydrogen) atoms. The fourth-order valence-electron chi connectivity index (χ4n) is 2.23. The summed E-state index contributed by atoms with van der Waals surface area (Å²) >= 11 is 3.11. The molecule has 1 aromatic rings. The molecule has 1 aliphatic heterocycles. The summed E-state index contributed by atoms with van der Waals surface area (Å²) in [5, 5.41) is 0. The average Bonchev–Trinajstić information content (AvgIpc) is 2.83. The first-order chi connectivity index (χ1) is 9.47. The minimum atomic E-state index is -0.624. The molecule has 0 aliphatic carbocycles. The number of carbonyl (C=O) groups is 2. The van der Waals surface area contributed by atoms with Crippen LogP contribution >= 0.6 is 15.9 Å². The molecule has 0 bridgehead atoms. The zero-order chi connectivity index (χ0) is 14.7. The topological polar surface area (TPSA) is 72.6 Å². The smallest absolute Gasteiger partial charge is 0.338 e. The summed E-state index contributed by atoms with van der Waals surface area (Å²) in [5.74, 6) is -1.15. The second-order valence-electron chi connectivity index (χ2n) is 4.58. The summed E-state index contributed by atoms with van der Waals surface area (Å²) < 4.78 is 18.8. The van der Waals surface area contributed by atoms with Gasteiger partial charge in [-0.1, -0.05) is 15.9 Å². The van der Waals surface area contributed by atoms with Gasteiger partial charge in [0, 0.05) is 11.0 Å². The molecule has 2 N–H and O–H groups in total. The Morgan fingerprint density at radius 1 is 1.45 bits per heavy atom. The predicted octanol–water partition coefficient (Wildman–Crippen LogP) is 2.29. The summed E-state index contributed by atoms with van der Waals surface area (Å²) in [7, 11) is 0. The number of esters is 1. The van der Waals surface area contributed by atoms with Crippen LogP contribution in [0.3, 0.4) is 0 Å². The fourth-order valence-corrected chi connectivity index (χ4v) is 2.69. The molecule has 7 heteroatoms. The molecule has 0 spiro atoms. The second kappa shape index (κ2) is 6.21. The predicted molar refractivity (Wildman–Crippen MR) is 73.7 cm³/mol. The molecule has 0 saturated carbocycles. The number of primary amides is 1. The maximum Gasteiger partial charge on any atom is 0.338 e. The number of likely N-dealkylation sites (tertiary alicyclic amines) is 1. The molecule has 2 rings (SSSR count). The van der Waals surface area contributed by atoms with Crippen LogP contribution in [0.5, 0.6) is 0 Å². The quantitative estimate of drug-likeness (QED) is 0.855. The molecular formula is C13H14BrFN2O3. The average molecular weight is 345 g/mol. The van der Waals surface area contributed by atoms with Gasteiger partial charge >= 0.3 is 12.0 Å². The lowest BCUT2D eigenvalue weighted by molar-refractivity contribution is 0.0421. The largest absolute Gasteiger partial charge is 0.460 e. The summed E-state index contributed by atoms with van der Waals surface area (Å²) in [6.45, 7) is 0.638. The van der Waals surface area contributed by atoms with E-state index in [1.54, 1.807) is 0 Å². The highest BCUT2D eigenvalue weighted by molar-refractivity contribution is 9.10. The lowest BCUT2D eigenvalue weighted by atomic mass is 10.2. The highest BCUT2D eigenvalue weighted by Gasteiger charge is 2.28. The summed E-state index contributed by atoms with van der Waals surface area (Å²) in [6, 6.07) is 3.12. The Kier molecular flexibility index (Phi) is 4.59. The molecule has 1 fully saturated rings. The Morgan fingerprint density at radius 3 is 2.85 bits per heavy atom. The standard InChI is InChI=1S/C13H14BrFN2O3/c14-9-4-8(5-10(15)6-9)12(18)20-7-11-2-1-3-17(11)13(16)19/h4-6,11H,1-3,7H2,(H2,16,19). The van der Waals surface area contributed by atoms with E-state index in [2.05, 4.69) is 15.9 Å². The van der Waals surface area contributed by atoms with Gasteiger partial charge < -0.3 is 15.4 Å². The zero-order valence-electron chi connectivity index (χ0n) is 10.6. The van der Waals surface area contributed by atoms with E-state index >= 15 is 0 Å². The van der Waals surface area contributed by atoms with Gasteiger partial charge in [-0.2, -0.15) is 0 Å². The lowest BCUT2D eigenvalue weighted by Gasteiger charge is -2.22. The second-order valence-corrected chi connectivity index (χ2v) is 5.50. The first kappa shape index (κ1) is 14.8. The monoisotopic (exact) mass is 344 g/mol. The van der Waals surface area contributed by atoms with Gasteiger partial charge in [-0.05, 0) is 31.0 Å². The number of amides is 2. The molecule has 1 unspecified atom stereocenters. The summed E-state index contributed by atoms with van der Waals surface area (Å²) in [5.41, 5.74) is 5.36. The van der Waals surface area contributed by atoms with E-state index in [9.17, 15) is 14.0 Å². The number of nitrogens with two attached hydrogens (primary N) is 1. The Balaban J connectivity index is 1.96. The number of nitrogens with zero attached hydrogens (tertiary/aromatic N) is 1. The van der Waals surface area contributed by atoms with Gasteiger partial charge in [-0.25, -0.2) is 14.0 Å². The molecule has 1 saturated heterocycles. The third-order valence-electron chi connectivity index (χ3n) is 3.17. The Morgan fingerprint density at radius 2 is 2.20 bits per heavy atom. The van der Waals surface area contributed by atoms with Gasteiger partial charge in [0.2, 0.25) is 0 Å². The van der Waals surface area contributed by atoms with E-state index in [-0.39, 0.29) is 18.2 Å². The molecule has 1 heterocycles. The van der Waals surface area contributed by atoms with Crippen LogP contribution in [0.2, 0.25) is 0 Å². The van der Waals surface area contributed by atoms with Crippen LogP contribution in [0.4, 0.5) is 9.18 Å². The first-order valence-corrected chi connectivity index (χ1v) is 6.96. The van der Waals surface area contributed by atoms with Crippen molar-refractivity contribution in [2.45, 2.75) is 18.9 Å². The lowest BCUT2D eigenvalue weighted by Crippen LogP contribution is -2.41. The van der Waals surface area contributed by atoms with Gasteiger partial charge in [0.15, 0.2) is 0 Å². The van der Waals surface area contributed by atoms with Gasteiger partial charge in [0.25, 0.3) is 0 Å². The van der Waals surface area contributed by atoms with Gasteiger partial charge in [0.05, 0.1) is 11.6 Å². The van der Waals surface area contributed by atoms with Crippen molar-refractivity contribution >= 4 is 27.9 Å². The van der Waals surface area contributed by atoms with Gasteiger partial charge in [0.1, 0.15) is 12.4 Å². The first-order valence-electron chi connectivity index (χ1n) is 6.16. The molecule has 2 amide bonds. The van der Waals surface area contributed by atoms with Crippen molar-refractivity contribution in [2.75, 3.05) is 13.2 Å². The van der Waals surface area contributed by atoms with Crippen LogP contribution in [0, 0.1) is 5.82 Å². The number of ether oxygens (including phenoxy) is 1. The Bertz CT molecular complexity index is 518. The van der Waals surface area contributed by atoms with Crippen molar-refractivity contribution in [3.63, 3.8) is 0 Å². The van der Waals surface area contributed by atoms with Crippen molar-refractivity contribution in [3.8, 4) is 0 Å². The molecule has 1 atom stereocenters. The normalized spacial score (nSPS) is 18.1. The summed E-state index contributed by atoms with van der Waals surface area (Å²) in [4.78, 5) is 24.5. The zero-order valence-corrected chi connectivity index (χ0v) is 12.2. The van der Waals surface area contributed by atoms with E-state index < -0.39 is 17.8 Å². The van der Waals surface area contributed by atoms with E-state index in [1.165, 1.54) is 17.0 Å². The minimum absolute atomic E-state index is 0.0654.